The fraction of sp³-hybridized carbons (Fsp3) is 0.786. The van der Waals surface area contributed by atoms with Gasteiger partial charge in [-0.25, -0.2) is 4.98 Å². The molecule has 18 heavy (non-hydrogen) atoms. The molecule has 0 aromatic carbocycles. The Balaban J connectivity index is 2.00. The van der Waals surface area contributed by atoms with E-state index in [1.165, 1.54) is 25.9 Å². The van der Waals surface area contributed by atoms with E-state index < -0.39 is 0 Å². The molecule has 0 spiro atoms. The van der Waals surface area contributed by atoms with E-state index in [2.05, 4.69) is 46.7 Å². The highest BCUT2D eigenvalue weighted by atomic mass is 15.2. The Morgan fingerprint density at radius 3 is 2.78 bits per heavy atom. The topological polar surface area (TPSA) is 33.1 Å². The maximum Gasteiger partial charge on any atom is 0.203 e. The minimum absolute atomic E-state index is 0.489. The predicted octanol–water partition coefficient (Wildman–Crippen LogP) is 2.67. The monoisotopic (exact) mass is 250 g/mol. The van der Waals surface area contributed by atoms with Crippen LogP contribution in [0.25, 0.3) is 0 Å². The standard InChI is InChI=1S/C14H26N4/c1-4-7-15-14-16-12(2)10-18(14)13(3)11-17-8-5-6-9-17/h10,13H,4-9,11H2,1-3H3,(H,15,16). The fourth-order valence-corrected chi connectivity index (χ4v) is 2.65. The van der Waals surface area contributed by atoms with Crippen molar-refractivity contribution in [3.05, 3.63) is 11.9 Å². The highest BCUT2D eigenvalue weighted by Crippen LogP contribution is 2.19. The molecule has 0 saturated carbocycles. The van der Waals surface area contributed by atoms with Crippen molar-refractivity contribution in [2.24, 2.45) is 0 Å². The zero-order chi connectivity index (χ0) is 13.0. The third kappa shape index (κ3) is 3.25. The Bertz CT molecular complexity index is 366. The minimum atomic E-state index is 0.489. The van der Waals surface area contributed by atoms with Crippen LogP contribution in [-0.2, 0) is 0 Å². The SMILES string of the molecule is CCCNc1nc(C)cn1C(C)CN1CCCC1. The molecular weight excluding hydrogens is 224 g/mol. The molecule has 1 atom stereocenters. The van der Waals surface area contributed by atoms with Crippen molar-refractivity contribution >= 4 is 5.95 Å². The summed E-state index contributed by atoms with van der Waals surface area (Å²) in [6.45, 7) is 11.2. The summed E-state index contributed by atoms with van der Waals surface area (Å²) in [7, 11) is 0. The molecule has 1 N–H and O–H groups in total. The number of aromatic nitrogens is 2. The first kappa shape index (κ1) is 13.4. The van der Waals surface area contributed by atoms with Crippen LogP contribution in [0.4, 0.5) is 5.95 Å². The van der Waals surface area contributed by atoms with Crippen molar-refractivity contribution in [3.63, 3.8) is 0 Å². The fourth-order valence-electron chi connectivity index (χ4n) is 2.65. The summed E-state index contributed by atoms with van der Waals surface area (Å²) in [5, 5.41) is 3.42. The third-order valence-corrected chi connectivity index (χ3v) is 3.58. The van der Waals surface area contributed by atoms with E-state index in [4.69, 9.17) is 0 Å². The molecule has 1 aromatic heterocycles. The largest absolute Gasteiger partial charge is 0.356 e. The molecule has 1 unspecified atom stereocenters. The smallest absolute Gasteiger partial charge is 0.203 e. The average molecular weight is 250 g/mol. The molecule has 4 nitrogen and oxygen atoms in total. The lowest BCUT2D eigenvalue weighted by Crippen LogP contribution is -2.27. The van der Waals surface area contributed by atoms with Crippen molar-refractivity contribution in [3.8, 4) is 0 Å². The first-order valence-corrected chi connectivity index (χ1v) is 7.22. The van der Waals surface area contributed by atoms with Gasteiger partial charge in [-0.3, -0.25) is 0 Å². The Kier molecular flexibility index (Phi) is 4.64. The van der Waals surface area contributed by atoms with Crippen LogP contribution in [0.15, 0.2) is 6.20 Å². The van der Waals surface area contributed by atoms with Crippen molar-refractivity contribution in [1.82, 2.24) is 14.5 Å². The average Bonchev–Trinajstić information content (AvgIpc) is 2.96. The molecule has 2 heterocycles. The van der Waals surface area contributed by atoms with Crippen molar-refractivity contribution in [2.75, 3.05) is 31.5 Å². The second-order valence-electron chi connectivity index (χ2n) is 5.40. The normalized spacial score (nSPS) is 18.2. The van der Waals surface area contributed by atoms with Crippen LogP contribution < -0.4 is 5.32 Å². The van der Waals surface area contributed by atoms with Crippen LogP contribution >= 0.6 is 0 Å². The van der Waals surface area contributed by atoms with E-state index in [9.17, 15) is 0 Å². The molecule has 2 rings (SSSR count). The van der Waals surface area contributed by atoms with Gasteiger partial charge in [0, 0.05) is 25.3 Å². The second kappa shape index (κ2) is 6.23. The van der Waals surface area contributed by atoms with Crippen LogP contribution in [0.1, 0.15) is 44.8 Å². The summed E-state index contributed by atoms with van der Waals surface area (Å²) in [4.78, 5) is 7.14. The number of hydrogen-bond donors (Lipinski definition) is 1. The van der Waals surface area contributed by atoms with Crippen molar-refractivity contribution < 1.29 is 0 Å². The molecule has 0 bridgehead atoms. The molecule has 1 saturated heterocycles. The number of nitrogens with one attached hydrogen (secondary N) is 1. The quantitative estimate of drug-likeness (QED) is 0.842. The van der Waals surface area contributed by atoms with Crippen LogP contribution in [0.3, 0.4) is 0 Å². The Morgan fingerprint density at radius 2 is 2.11 bits per heavy atom. The van der Waals surface area contributed by atoms with E-state index in [-0.39, 0.29) is 0 Å². The molecule has 1 aliphatic heterocycles. The number of nitrogens with zero attached hydrogens (tertiary/aromatic N) is 3. The molecule has 1 aromatic rings. The van der Waals surface area contributed by atoms with E-state index in [1.54, 1.807) is 0 Å². The first-order chi connectivity index (χ1) is 8.70. The zero-order valence-electron chi connectivity index (χ0n) is 11.9. The number of hydrogen-bond acceptors (Lipinski definition) is 3. The molecule has 1 fully saturated rings. The molecule has 102 valence electrons. The van der Waals surface area contributed by atoms with Gasteiger partial charge >= 0.3 is 0 Å². The predicted molar refractivity (Wildman–Crippen MR) is 76.1 cm³/mol. The first-order valence-electron chi connectivity index (χ1n) is 7.22. The van der Waals surface area contributed by atoms with Gasteiger partial charge in [0.1, 0.15) is 0 Å². The number of anilines is 1. The van der Waals surface area contributed by atoms with Gasteiger partial charge in [0.2, 0.25) is 5.95 Å². The summed E-state index contributed by atoms with van der Waals surface area (Å²) < 4.78 is 2.29. The zero-order valence-corrected chi connectivity index (χ0v) is 11.9. The third-order valence-electron chi connectivity index (χ3n) is 3.58. The lowest BCUT2D eigenvalue weighted by molar-refractivity contribution is 0.288. The molecule has 4 heteroatoms. The van der Waals surface area contributed by atoms with Gasteiger partial charge in [0.15, 0.2) is 0 Å². The van der Waals surface area contributed by atoms with Crippen LogP contribution in [0.2, 0.25) is 0 Å². The van der Waals surface area contributed by atoms with Crippen molar-refractivity contribution in [2.45, 2.75) is 46.1 Å². The number of aryl methyl sites for hydroxylation is 1. The van der Waals surface area contributed by atoms with Gasteiger partial charge in [0.05, 0.1) is 5.69 Å². The molecular formula is C14H26N4. The summed E-state index contributed by atoms with van der Waals surface area (Å²) in [6, 6.07) is 0.489. The number of imidazole rings is 1. The van der Waals surface area contributed by atoms with Crippen LogP contribution in [0.5, 0.6) is 0 Å². The maximum atomic E-state index is 4.58. The minimum Gasteiger partial charge on any atom is -0.356 e. The van der Waals surface area contributed by atoms with E-state index >= 15 is 0 Å². The summed E-state index contributed by atoms with van der Waals surface area (Å²) in [5.41, 5.74) is 1.10. The van der Waals surface area contributed by atoms with Gasteiger partial charge in [-0.05, 0) is 46.2 Å². The van der Waals surface area contributed by atoms with E-state index in [0.717, 1.165) is 31.2 Å². The molecule has 0 radical (unpaired) electrons. The van der Waals surface area contributed by atoms with Gasteiger partial charge in [-0.1, -0.05) is 6.92 Å². The molecule has 1 aliphatic rings. The maximum absolute atomic E-state index is 4.58. The van der Waals surface area contributed by atoms with Gasteiger partial charge in [-0.15, -0.1) is 0 Å². The Hall–Kier alpha value is -1.03. The van der Waals surface area contributed by atoms with Gasteiger partial charge < -0.3 is 14.8 Å². The van der Waals surface area contributed by atoms with Crippen molar-refractivity contribution in [1.29, 1.82) is 0 Å². The summed E-state index contributed by atoms with van der Waals surface area (Å²) in [5.74, 6) is 1.03. The van der Waals surface area contributed by atoms with E-state index in [0.29, 0.717) is 6.04 Å². The van der Waals surface area contributed by atoms with Gasteiger partial charge in [-0.2, -0.15) is 0 Å². The highest BCUT2D eigenvalue weighted by molar-refractivity contribution is 5.29. The molecule has 0 amide bonds. The highest BCUT2D eigenvalue weighted by Gasteiger charge is 2.17. The summed E-state index contributed by atoms with van der Waals surface area (Å²) in [6.07, 6.45) is 6.01. The summed E-state index contributed by atoms with van der Waals surface area (Å²) >= 11 is 0. The molecule has 0 aliphatic carbocycles. The van der Waals surface area contributed by atoms with E-state index in [1.807, 2.05) is 0 Å². The lowest BCUT2D eigenvalue weighted by atomic mass is 10.3. The Labute approximate surface area is 110 Å². The lowest BCUT2D eigenvalue weighted by Gasteiger charge is -2.22. The van der Waals surface area contributed by atoms with Crippen LogP contribution in [0, 0.1) is 6.92 Å². The Morgan fingerprint density at radius 1 is 1.39 bits per heavy atom. The van der Waals surface area contributed by atoms with Crippen LogP contribution in [-0.4, -0.2) is 40.6 Å². The number of rotatable bonds is 6. The van der Waals surface area contributed by atoms with Gasteiger partial charge in [0.25, 0.3) is 0 Å². The number of likely N-dealkylation sites (tertiary alicyclic amines) is 1. The second-order valence-corrected chi connectivity index (χ2v) is 5.40.